The molecule has 2 aromatic rings. The van der Waals surface area contributed by atoms with Gasteiger partial charge in [-0.25, -0.2) is 4.79 Å². The van der Waals surface area contributed by atoms with E-state index in [-0.39, 0.29) is 0 Å². The quantitative estimate of drug-likeness (QED) is 0.888. The van der Waals surface area contributed by atoms with Crippen LogP contribution in [-0.2, 0) is 12.8 Å². The van der Waals surface area contributed by atoms with Crippen molar-refractivity contribution < 1.29 is 9.90 Å². The third-order valence-electron chi connectivity index (χ3n) is 3.15. The largest absolute Gasteiger partial charge is 0.478 e. The number of rotatable bonds is 4. The molecule has 0 heterocycles. The van der Waals surface area contributed by atoms with Gasteiger partial charge in [0.25, 0.3) is 0 Å². The van der Waals surface area contributed by atoms with Gasteiger partial charge in [0.2, 0.25) is 0 Å². The standard InChI is InChI=1S/C16H16O2/c1-12-6-5-9-15(16(17)18)14(12)11-10-13-7-3-2-4-8-13/h2-9H,10-11H2,1H3,(H,17,18). The fourth-order valence-electron chi connectivity index (χ4n) is 2.15. The summed E-state index contributed by atoms with van der Waals surface area (Å²) in [5.41, 5.74) is 3.64. The van der Waals surface area contributed by atoms with E-state index in [9.17, 15) is 9.90 Å². The predicted octanol–water partition coefficient (Wildman–Crippen LogP) is 3.48. The van der Waals surface area contributed by atoms with Crippen molar-refractivity contribution >= 4 is 5.97 Å². The van der Waals surface area contributed by atoms with Crippen LogP contribution in [0.3, 0.4) is 0 Å². The van der Waals surface area contributed by atoms with Crippen molar-refractivity contribution in [3.05, 3.63) is 70.8 Å². The highest BCUT2D eigenvalue weighted by Crippen LogP contribution is 2.17. The smallest absolute Gasteiger partial charge is 0.335 e. The van der Waals surface area contributed by atoms with Gasteiger partial charge in [-0.15, -0.1) is 0 Å². The highest BCUT2D eigenvalue weighted by atomic mass is 16.4. The number of benzene rings is 2. The number of carboxylic acid groups (broad SMARTS) is 1. The van der Waals surface area contributed by atoms with Gasteiger partial charge < -0.3 is 5.11 Å². The molecule has 0 bridgehead atoms. The van der Waals surface area contributed by atoms with Crippen LogP contribution in [0.25, 0.3) is 0 Å². The molecule has 0 amide bonds. The first-order valence-corrected chi connectivity index (χ1v) is 6.04. The zero-order valence-corrected chi connectivity index (χ0v) is 10.4. The number of aromatic carboxylic acids is 1. The lowest BCUT2D eigenvalue weighted by Gasteiger charge is -2.09. The van der Waals surface area contributed by atoms with Crippen molar-refractivity contribution in [1.82, 2.24) is 0 Å². The Kier molecular flexibility index (Phi) is 3.78. The zero-order chi connectivity index (χ0) is 13.0. The van der Waals surface area contributed by atoms with Crippen LogP contribution in [0.4, 0.5) is 0 Å². The van der Waals surface area contributed by atoms with Gasteiger partial charge in [0, 0.05) is 0 Å². The van der Waals surface area contributed by atoms with Gasteiger partial charge in [-0.05, 0) is 42.5 Å². The summed E-state index contributed by atoms with van der Waals surface area (Å²) in [7, 11) is 0. The Morgan fingerprint density at radius 1 is 1.00 bits per heavy atom. The van der Waals surface area contributed by atoms with E-state index in [0.717, 1.165) is 24.0 Å². The summed E-state index contributed by atoms with van der Waals surface area (Å²) in [6.45, 7) is 1.97. The van der Waals surface area contributed by atoms with Crippen LogP contribution in [0.5, 0.6) is 0 Å². The summed E-state index contributed by atoms with van der Waals surface area (Å²) in [5.74, 6) is -0.846. The summed E-state index contributed by atoms with van der Waals surface area (Å²) < 4.78 is 0. The second-order valence-electron chi connectivity index (χ2n) is 4.39. The van der Waals surface area contributed by atoms with E-state index in [4.69, 9.17) is 0 Å². The van der Waals surface area contributed by atoms with Crippen molar-refractivity contribution in [1.29, 1.82) is 0 Å². The molecule has 0 fully saturated rings. The molecule has 0 saturated heterocycles. The van der Waals surface area contributed by atoms with Gasteiger partial charge in [-0.3, -0.25) is 0 Å². The summed E-state index contributed by atoms with van der Waals surface area (Å²) in [6.07, 6.45) is 1.63. The van der Waals surface area contributed by atoms with Crippen LogP contribution >= 0.6 is 0 Å². The molecule has 0 atom stereocenters. The van der Waals surface area contributed by atoms with Crippen LogP contribution in [0.2, 0.25) is 0 Å². The topological polar surface area (TPSA) is 37.3 Å². The average molecular weight is 240 g/mol. The van der Waals surface area contributed by atoms with E-state index in [1.54, 1.807) is 12.1 Å². The molecule has 92 valence electrons. The highest BCUT2D eigenvalue weighted by Gasteiger charge is 2.11. The van der Waals surface area contributed by atoms with E-state index in [2.05, 4.69) is 12.1 Å². The molecule has 2 nitrogen and oxygen atoms in total. The van der Waals surface area contributed by atoms with Gasteiger partial charge in [-0.2, -0.15) is 0 Å². The molecule has 0 saturated carbocycles. The molecule has 0 aliphatic carbocycles. The number of carboxylic acids is 1. The van der Waals surface area contributed by atoms with Crippen LogP contribution in [0, 0.1) is 6.92 Å². The monoisotopic (exact) mass is 240 g/mol. The molecule has 1 N–H and O–H groups in total. The van der Waals surface area contributed by atoms with Crippen molar-refractivity contribution in [3.63, 3.8) is 0 Å². The van der Waals surface area contributed by atoms with Crippen LogP contribution in [-0.4, -0.2) is 11.1 Å². The minimum Gasteiger partial charge on any atom is -0.478 e. The van der Waals surface area contributed by atoms with E-state index in [0.29, 0.717) is 5.56 Å². The Morgan fingerprint density at radius 2 is 1.72 bits per heavy atom. The molecule has 0 spiro atoms. The fourth-order valence-corrected chi connectivity index (χ4v) is 2.15. The Morgan fingerprint density at radius 3 is 2.39 bits per heavy atom. The van der Waals surface area contributed by atoms with Gasteiger partial charge in [0.15, 0.2) is 0 Å². The highest BCUT2D eigenvalue weighted by molar-refractivity contribution is 5.89. The Bertz CT molecular complexity index is 544. The minimum absolute atomic E-state index is 0.422. The molecule has 0 radical (unpaired) electrons. The van der Waals surface area contributed by atoms with E-state index in [1.807, 2.05) is 31.2 Å². The van der Waals surface area contributed by atoms with Crippen LogP contribution in [0.15, 0.2) is 48.5 Å². The minimum atomic E-state index is -0.846. The van der Waals surface area contributed by atoms with E-state index in [1.165, 1.54) is 5.56 Å². The molecule has 2 heteroatoms. The molecule has 2 rings (SSSR count). The number of hydrogen-bond acceptors (Lipinski definition) is 1. The number of hydrogen-bond donors (Lipinski definition) is 1. The Balaban J connectivity index is 2.21. The molecular weight excluding hydrogens is 224 g/mol. The average Bonchev–Trinajstić information content (AvgIpc) is 2.38. The molecular formula is C16H16O2. The summed E-state index contributed by atoms with van der Waals surface area (Å²) in [6, 6.07) is 15.6. The van der Waals surface area contributed by atoms with E-state index < -0.39 is 5.97 Å². The van der Waals surface area contributed by atoms with Gasteiger partial charge in [0.1, 0.15) is 0 Å². The first-order chi connectivity index (χ1) is 8.68. The normalized spacial score (nSPS) is 10.3. The second kappa shape index (κ2) is 5.50. The van der Waals surface area contributed by atoms with E-state index >= 15 is 0 Å². The maximum absolute atomic E-state index is 11.2. The predicted molar refractivity (Wildman–Crippen MR) is 72.0 cm³/mol. The molecule has 0 aliphatic heterocycles. The van der Waals surface area contributed by atoms with Crippen molar-refractivity contribution in [2.24, 2.45) is 0 Å². The number of carbonyl (C=O) groups is 1. The molecule has 0 aliphatic rings. The summed E-state index contributed by atoms with van der Waals surface area (Å²) in [5, 5.41) is 9.19. The molecule has 0 aromatic heterocycles. The fraction of sp³-hybridized carbons (Fsp3) is 0.188. The molecule has 18 heavy (non-hydrogen) atoms. The lowest BCUT2D eigenvalue weighted by atomic mass is 9.96. The Labute approximate surface area is 107 Å². The Hall–Kier alpha value is -2.09. The molecule has 2 aromatic carbocycles. The lowest BCUT2D eigenvalue weighted by molar-refractivity contribution is 0.0695. The van der Waals surface area contributed by atoms with Gasteiger partial charge in [-0.1, -0.05) is 42.5 Å². The maximum atomic E-state index is 11.2. The number of aryl methyl sites for hydroxylation is 2. The van der Waals surface area contributed by atoms with Gasteiger partial charge >= 0.3 is 5.97 Å². The van der Waals surface area contributed by atoms with Crippen LogP contribution < -0.4 is 0 Å². The maximum Gasteiger partial charge on any atom is 0.335 e. The third kappa shape index (κ3) is 2.77. The first-order valence-electron chi connectivity index (χ1n) is 6.04. The van der Waals surface area contributed by atoms with Crippen molar-refractivity contribution in [3.8, 4) is 0 Å². The van der Waals surface area contributed by atoms with Crippen molar-refractivity contribution in [2.45, 2.75) is 19.8 Å². The van der Waals surface area contributed by atoms with Crippen molar-refractivity contribution in [2.75, 3.05) is 0 Å². The lowest BCUT2D eigenvalue weighted by Crippen LogP contribution is -2.05. The SMILES string of the molecule is Cc1cccc(C(=O)O)c1CCc1ccccc1. The molecule has 0 unspecified atom stereocenters. The van der Waals surface area contributed by atoms with Gasteiger partial charge in [0.05, 0.1) is 5.56 Å². The second-order valence-corrected chi connectivity index (χ2v) is 4.39. The summed E-state index contributed by atoms with van der Waals surface area (Å²) >= 11 is 0. The zero-order valence-electron chi connectivity index (χ0n) is 10.4. The third-order valence-corrected chi connectivity index (χ3v) is 3.15. The first kappa shape index (κ1) is 12.4. The van der Waals surface area contributed by atoms with Crippen LogP contribution in [0.1, 0.15) is 27.0 Å². The summed E-state index contributed by atoms with van der Waals surface area (Å²) in [4.78, 5) is 11.2.